The predicted octanol–water partition coefficient (Wildman–Crippen LogP) is 5.24. The van der Waals surface area contributed by atoms with E-state index in [1.807, 2.05) is 0 Å². The summed E-state index contributed by atoms with van der Waals surface area (Å²) in [5, 5.41) is 9.06. The maximum atomic E-state index is 11.9. The Bertz CT molecular complexity index is 534. The number of benzene rings is 1. The quantitative estimate of drug-likeness (QED) is 0.323. The Kier molecular flexibility index (Phi) is 10.3. The number of carbonyl (C=O) groups excluding carboxylic acids is 1. The number of carboxylic acid groups (broad SMARTS) is 1. The van der Waals surface area contributed by atoms with Crippen LogP contribution < -0.4 is 0 Å². The van der Waals surface area contributed by atoms with Gasteiger partial charge in [0.05, 0.1) is 17.7 Å². The van der Waals surface area contributed by atoms with Crippen LogP contribution in [0.5, 0.6) is 0 Å². The van der Waals surface area contributed by atoms with Crippen LogP contribution in [0.4, 0.5) is 0 Å². The molecule has 1 aromatic rings. The summed E-state index contributed by atoms with van der Waals surface area (Å²) >= 11 is 0. The molecule has 0 fully saturated rings. The number of ether oxygens (including phenoxy) is 1. The molecule has 1 rings (SSSR count). The van der Waals surface area contributed by atoms with Gasteiger partial charge in [0.25, 0.3) is 0 Å². The fraction of sp³-hybridized carbons (Fsp3) is 0.500. The Labute approximate surface area is 144 Å². The van der Waals surface area contributed by atoms with Gasteiger partial charge in [-0.3, -0.25) is 0 Å². The molecule has 0 aliphatic carbocycles. The molecule has 4 heteroatoms. The summed E-state index contributed by atoms with van der Waals surface area (Å²) in [6.07, 6.45) is 13.4. The Morgan fingerprint density at radius 2 is 1.58 bits per heavy atom. The maximum Gasteiger partial charge on any atom is 0.339 e. The first-order valence-corrected chi connectivity index (χ1v) is 8.81. The van der Waals surface area contributed by atoms with E-state index in [9.17, 15) is 9.59 Å². The Hall–Kier alpha value is -2.10. The van der Waals surface area contributed by atoms with Gasteiger partial charge in [0.2, 0.25) is 0 Å². The highest BCUT2D eigenvalue weighted by Crippen LogP contribution is 2.12. The third kappa shape index (κ3) is 7.95. The summed E-state index contributed by atoms with van der Waals surface area (Å²) in [6.45, 7) is 2.48. The van der Waals surface area contributed by atoms with Crippen molar-refractivity contribution in [2.45, 2.75) is 58.3 Å². The van der Waals surface area contributed by atoms with Gasteiger partial charge < -0.3 is 9.84 Å². The normalized spacial score (nSPS) is 10.9. The zero-order chi connectivity index (χ0) is 17.6. The molecule has 1 aromatic carbocycles. The van der Waals surface area contributed by atoms with Crippen LogP contribution in [-0.4, -0.2) is 23.7 Å². The number of hydrogen-bond donors (Lipinski definition) is 1. The molecule has 0 saturated heterocycles. The minimum Gasteiger partial charge on any atom is -0.478 e. The van der Waals surface area contributed by atoms with Crippen molar-refractivity contribution >= 4 is 11.9 Å². The monoisotopic (exact) mass is 332 g/mol. The molecule has 0 spiro atoms. The summed E-state index contributed by atoms with van der Waals surface area (Å²) < 4.78 is 5.18. The lowest BCUT2D eigenvalue weighted by Crippen LogP contribution is -2.12. The molecular formula is C20H28O4. The highest BCUT2D eigenvalue weighted by Gasteiger charge is 2.16. The molecule has 4 nitrogen and oxygen atoms in total. The van der Waals surface area contributed by atoms with E-state index >= 15 is 0 Å². The molecule has 0 aliphatic heterocycles. The molecule has 0 saturated carbocycles. The SMILES string of the molecule is CC/C=C/CCCCCCCCOC(=O)c1ccccc1C(=O)O. The highest BCUT2D eigenvalue weighted by atomic mass is 16.5. The van der Waals surface area contributed by atoms with Crippen LogP contribution in [0.3, 0.4) is 0 Å². The Morgan fingerprint density at radius 3 is 2.25 bits per heavy atom. The van der Waals surface area contributed by atoms with E-state index in [-0.39, 0.29) is 11.1 Å². The van der Waals surface area contributed by atoms with E-state index in [0.717, 1.165) is 32.1 Å². The third-order valence-corrected chi connectivity index (χ3v) is 3.78. The largest absolute Gasteiger partial charge is 0.478 e. The average Bonchev–Trinajstić information content (AvgIpc) is 2.59. The third-order valence-electron chi connectivity index (χ3n) is 3.78. The van der Waals surface area contributed by atoms with Crippen LogP contribution in [-0.2, 0) is 4.74 Å². The number of esters is 1. The van der Waals surface area contributed by atoms with Crippen molar-refractivity contribution in [1.29, 1.82) is 0 Å². The summed E-state index contributed by atoms with van der Waals surface area (Å²) in [7, 11) is 0. The van der Waals surface area contributed by atoms with Crippen molar-refractivity contribution in [2.24, 2.45) is 0 Å². The molecule has 132 valence electrons. The first-order chi connectivity index (χ1) is 11.7. The Morgan fingerprint density at radius 1 is 0.958 bits per heavy atom. The van der Waals surface area contributed by atoms with Crippen molar-refractivity contribution in [3.63, 3.8) is 0 Å². The number of unbranched alkanes of at least 4 members (excludes halogenated alkanes) is 6. The number of carboxylic acids is 1. The van der Waals surface area contributed by atoms with E-state index in [4.69, 9.17) is 9.84 Å². The summed E-state index contributed by atoms with van der Waals surface area (Å²) in [6, 6.07) is 6.13. The second-order valence-electron chi connectivity index (χ2n) is 5.78. The van der Waals surface area contributed by atoms with Gasteiger partial charge in [0.15, 0.2) is 0 Å². The van der Waals surface area contributed by atoms with Crippen molar-refractivity contribution in [2.75, 3.05) is 6.61 Å². The topological polar surface area (TPSA) is 63.6 Å². The van der Waals surface area contributed by atoms with E-state index < -0.39 is 11.9 Å². The molecule has 0 radical (unpaired) electrons. The molecule has 0 aromatic heterocycles. The number of allylic oxidation sites excluding steroid dienone is 2. The van der Waals surface area contributed by atoms with E-state index in [1.54, 1.807) is 12.1 Å². The van der Waals surface area contributed by atoms with Crippen LogP contribution in [0.2, 0.25) is 0 Å². The van der Waals surface area contributed by atoms with E-state index in [0.29, 0.717) is 6.61 Å². The zero-order valence-electron chi connectivity index (χ0n) is 14.5. The molecule has 1 N–H and O–H groups in total. The van der Waals surface area contributed by atoms with Crippen molar-refractivity contribution < 1.29 is 19.4 Å². The molecule has 0 heterocycles. The van der Waals surface area contributed by atoms with Crippen LogP contribution in [0, 0.1) is 0 Å². The van der Waals surface area contributed by atoms with Crippen molar-refractivity contribution in [3.8, 4) is 0 Å². The minimum atomic E-state index is -1.11. The smallest absolute Gasteiger partial charge is 0.339 e. The molecule has 0 unspecified atom stereocenters. The standard InChI is InChI=1S/C20H28O4/c1-2-3-4-5-6-7-8-9-10-13-16-24-20(23)18-15-12-11-14-17(18)19(21)22/h3-4,11-12,14-15H,2,5-10,13,16H2,1H3,(H,21,22)/b4-3+. The van der Waals surface area contributed by atoms with Gasteiger partial charge in [-0.15, -0.1) is 0 Å². The van der Waals surface area contributed by atoms with Gasteiger partial charge in [-0.2, -0.15) is 0 Å². The van der Waals surface area contributed by atoms with Gasteiger partial charge in [0.1, 0.15) is 0 Å². The average molecular weight is 332 g/mol. The molecule has 0 aliphatic rings. The maximum absolute atomic E-state index is 11.9. The molecule has 24 heavy (non-hydrogen) atoms. The first kappa shape index (κ1) is 19.9. The highest BCUT2D eigenvalue weighted by molar-refractivity contribution is 6.02. The zero-order valence-corrected chi connectivity index (χ0v) is 14.5. The van der Waals surface area contributed by atoms with Crippen molar-refractivity contribution in [1.82, 2.24) is 0 Å². The predicted molar refractivity (Wildman–Crippen MR) is 95.4 cm³/mol. The minimum absolute atomic E-state index is 0.0142. The van der Waals surface area contributed by atoms with Crippen LogP contribution in [0.15, 0.2) is 36.4 Å². The van der Waals surface area contributed by atoms with Crippen LogP contribution >= 0.6 is 0 Å². The lowest BCUT2D eigenvalue weighted by Gasteiger charge is -2.07. The van der Waals surface area contributed by atoms with Gasteiger partial charge in [-0.05, 0) is 37.8 Å². The number of rotatable bonds is 12. The first-order valence-electron chi connectivity index (χ1n) is 8.81. The molecular weight excluding hydrogens is 304 g/mol. The second-order valence-corrected chi connectivity index (χ2v) is 5.78. The lowest BCUT2D eigenvalue weighted by molar-refractivity contribution is 0.0487. The molecule has 0 bridgehead atoms. The van der Waals surface area contributed by atoms with Gasteiger partial charge in [-0.25, -0.2) is 9.59 Å². The summed E-state index contributed by atoms with van der Waals surface area (Å²) in [5.74, 6) is -1.67. The second kappa shape index (κ2) is 12.3. The molecule has 0 amide bonds. The van der Waals surface area contributed by atoms with Gasteiger partial charge >= 0.3 is 11.9 Å². The van der Waals surface area contributed by atoms with Crippen molar-refractivity contribution in [3.05, 3.63) is 47.5 Å². The fourth-order valence-corrected chi connectivity index (χ4v) is 2.45. The number of aromatic carboxylic acids is 1. The van der Waals surface area contributed by atoms with Gasteiger partial charge in [-0.1, -0.05) is 56.9 Å². The summed E-state index contributed by atoms with van der Waals surface area (Å²) in [4.78, 5) is 23.0. The number of hydrogen-bond acceptors (Lipinski definition) is 3. The van der Waals surface area contributed by atoms with Crippen LogP contribution in [0.25, 0.3) is 0 Å². The lowest BCUT2D eigenvalue weighted by atomic mass is 10.1. The van der Waals surface area contributed by atoms with E-state index in [2.05, 4.69) is 19.1 Å². The van der Waals surface area contributed by atoms with Crippen LogP contribution in [0.1, 0.15) is 79.0 Å². The Balaban J connectivity index is 2.12. The number of carbonyl (C=O) groups is 2. The van der Waals surface area contributed by atoms with E-state index in [1.165, 1.54) is 31.4 Å². The fourth-order valence-electron chi connectivity index (χ4n) is 2.45. The summed E-state index contributed by atoms with van der Waals surface area (Å²) in [5.41, 5.74) is 0.102. The molecule has 0 atom stereocenters. The van der Waals surface area contributed by atoms with Gasteiger partial charge in [0, 0.05) is 0 Å².